The molecule has 4 rings (SSSR count). The first kappa shape index (κ1) is 23.0. The SMILES string of the molecule is CCOC1CNCC1C(=O)Nc1cc(-c2cccc(NCC3CCOCC3)c2)c(Cl)cn1. The molecular weight excluding hydrogens is 428 g/mol. The van der Waals surface area contributed by atoms with Crippen molar-refractivity contribution in [3.8, 4) is 11.1 Å². The van der Waals surface area contributed by atoms with Crippen molar-refractivity contribution in [2.75, 3.05) is 50.1 Å². The largest absolute Gasteiger partial charge is 0.385 e. The number of nitrogens with zero attached hydrogens (tertiary/aromatic N) is 1. The summed E-state index contributed by atoms with van der Waals surface area (Å²) in [5, 5.41) is 10.2. The Labute approximate surface area is 194 Å². The first-order valence-electron chi connectivity index (χ1n) is 11.3. The van der Waals surface area contributed by atoms with E-state index in [0.29, 0.717) is 36.5 Å². The maximum absolute atomic E-state index is 12.8. The van der Waals surface area contributed by atoms with Gasteiger partial charge < -0.3 is 25.4 Å². The summed E-state index contributed by atoms with van der Waals surface area (Å²) in [4.78, 5) is 17.1. The van der Waals surface area contributed by atoms with Gasteiger partial charge in [-0.25, -0.2) is 4.98 Å². The van der Waals surface area contributed by atoms with Crippen LogP contribution in [-0.4, -0.2) is 56.5 Å². The predicted octanol–water partition coefficient (Wildman–Crippen LogP) is 3.80. The van der Waals surface area contributed by atoms with Gasteiger partial charge in [0.15, 0.2) is 0 Å². The second kappa shape index (κ2) is 11.1. The zero-order chi connectivity index (χ0) is 22.3. The molecule has 2 saturated heterocycles. The normalized spacial score (nSPS) is 21.4. The highest BCUT2D eigenvalue weighted by molar-refractivity contribution is 6.33. The van der Waals surface area contributed by atoms with Crippen LogP contribution in [0.25, 0.3) is 11.1 Å². The Bertz CT molecular complexity index is 920. The van der Waals surface area contributed by atoms with Crippen molar-refractivity contribution in [1.29, 1.82) is 0 Å². The minimum absolute atomic E-state index is 0.0962. The van der Waals surface area contributed by atoms with Crippen LogP contribution in [0.3, 0.4) is 0 Å². The molecule has 7 nitrogen and oxygen atoms in total. The molecule has 32 heavy (non-hydrogen) atoms. The van der Waals surface area contributed by atoms with Crippen LogP contribution >= 0.6 is 11.6 Å². The number of halogens is 1. The van der Waals surface area contributed by atoms with E-state index in [-0.39, 0.29) is 17.9 Å². The van der Waals surface area contributed by atoms with Gasteiger partial charge in [-0.3, -0.25) is 4.79 Å². The quantitative estimate of drug-likeness (QED) is 0.558. The molecule has 3 N–H and O–H groups in total. The molecule has 0 radical (unpaired) electrons. The molecular formula is C24H31ClN4O3. The van der Waals surface area contributed by atoms with Gasteiger partial charge in [-0.15, -0.1) is 0 Å². The van der Waals surface area contributed by atoms with Gasteiger partial charge in [-0.1, -0.05) is 23.7 Å². The predicted molar refractivity (Wildman–Crippen MR) is 127 cm³/mol. The molecule has 172 valence electrons. The van der Waals surface area contributed by atoms with Crippen LogP contribution < -0.4 is 16.0 Å². The summed E-state index contributed by atoms with van der Waals surface area (Å²) in [5.74, 6) is 0.774. The van der Waals surface area contributed by atoms with Gasteiger partial charge in [-0.2, -0.15) is 0 Å². The molecule has 2 aliphatic heterocycles. The summed E-state index contributed by atoms with van der Waals surface area (Å²) in [6.07, 6.45) is 3.64. The Morgan fingerprint density at radius 3 is 2.94 bits per heavy atom. The lowest BCUT2D eigenvalue weighted by Gasteiger charge is -2.22. The summed E-state index contributed by atoms with van der Waals surface area (Å²) in [5.41, 5.74) is 2.85. The van der Waals surface area contributed by atoms with Gasteiger partial charge >= 0.3 is 0 Å². The Hall–Kier alpha value is -2.19. The van der Waals surface area contributed by atoms with E-state index in [0.717, 1.165) is 49.4 Å². The van der Waals surface area contributed by atoms with Gasteiger partial charge in [0.2, 0.25) is 5.91 Å². The van der Waals surface area contributed by atoms with Crippen molar-refractivity contribution in [1.82, 2.24) is 10.3 Å². The van der Waals surface area contributed by atoms with Crippen molar-refractivity contribution in [3.63, 3.8) is 0 Å². The third-order valence-electron chi connectivity index (χ3n) is 6.09. The number of nitrogens with one attached hydrogen (secondary N) is 3. The first-order chi connectivity index (χ1) is 15.6. The van der Waals surface area contributed by atoms with Gasteiger partial charge in [0.1, 0.15) is 5.82 Å². The van der Waals surface area contributed by atoms with E-state index >= 15 is 0 Å². The van der Waals surface area contributed by atoms with Crippen LogP contribution in [0.15, 0.2) is 36.5 Å². The topological polar surface area (TPSA) is 84.5 Å². The molecule has 0 saturated carbocycles. The number of ether oxygens (including phenoxy) is 2. The second-order valence-electron chi connectivity index (χ2n) is 8.31. The molecule has 3 heterocycles. The molecule has 8 heteroatoms. The van der Waals surface area contributed by atoms with E-state index in [4.69, 9.17) is 21.1 Å². The Morgan fingerprint density at radius 1 is 1.28 bits per heavy atom. The van der Waals surface area contributed by atoms with Gasteiger partial charge in [-0.05, 0) is 49.4 Å². The zero-order valence-corrected chi connectivity index (χ0v) is 19.2. The molecule has 2 aromatic rings. The highest BCUT2D eigenvalue weighted by Crippen LogP contribution is 2.31. The number of pyridine rings is 1. The highest BCUT2D eigenvalue weighted by Gasteiger charge is 2.33. The number of carbonyl (C=O) groups is 1. The lowest BCUT2D eigenvalue weighted by molar-refractivity contribution is -0.122. The van der Waals surface area contributed by atoms with Crippen LogP contribution in [0.4, 0.5) is 11.5 Å². The summed E-state index contributed by atoms with van der Waals surface area (Å²) in [6, 6.07) is 9.99. The average molecular weight is 459 g/mol. The molecule has 1 amide bonds. The smallest absolute Gasteiger partial charge is 0.232 e. The maximum atomic E-state index is 12.8. The lowest BCUT2D eigenvalue weighted by Crippen LogP contribution is -2.33. The van der Waals surface area contributed by atoms with Crippen LogP contribution in [0.2, 0.25) is 5.02 Å². The number of hydrogen-bond acceptors (Lipinski definition) is 6. The fourth-order valence-corrected chi connectivity index (χ4v) is 4.47. The Balaban J connectivity index is 1.44. The van der Waals surface area contributed by atoms with Crippen LogP contribution in [0, 0.1) is 11.8 Å². The van der Waals surface area contributed by atoms with Crippen LogP contribution in [0.5, 0.6) is 0 Å². The van der Waals surface area contributed by atoms with E-state index in [1.807, 2.05) is 25.1 Å². The van der Waals surface area contributed by atoms with E-state index < -0.39 is 0 Å². The third-order valence-corrected chi connectivity index (χ3v) is 6.39. The number of amides is 1. The maximum Gasteiger partial charge on any atom is 0.232 e. The molecule has 2 unspecified atom stereocenters. The van der Waals surface area contributed by atoms with Gasteiger partial charge in [0.25, 0.3) is 0 Å². The number of aromatic nitrogens is 1. The average Bonchev–Trinajstić information content (AvgIpc) is 3.29. The highest BCUT2D eigenvalue weighted by atomic mass is 35.5. The minimum Gasteiger partial charge on any atom is -0.385 e. The van der Waals surface area contributed by atoms with Gasteiger partial charge in [0, 0.05) is 56.9 Å². The molecule has 1 aromatic heterocycles. The molecule has 2 aliphatic rings. The second-order valence-corrected chi connectivity index (χ2v) is 8.72. The summed E-state index contributed by atoms with van der Waals surface area (Å²) in [7, 11) is 0. The van der Waals surface area contributed by atoms with Crippen molar-refractivity contribution >= 4 is 29.0 Å². The number of anilines is 2. The molecule has 2 fully saturated rings. The number of benzene rings is 1. The van der Waals surface area contributed by atoms with E-state index in [1.54, 1.807) is 6.20 Å². The number of rotatable bonds is 8. The van der Waals surface area contributed by atoms with Crippen molar-refractivity contribution in [3.05, 3.63) is 41.6 Å². The van der Waals surface area contributed by atoms with Gasteiger partial charge in [0.05, 0.1) is 17.0 Å². The fourth-order valence-electron chi connectivity index (χ4n) is 4.26. The monoisotopic (exact) mass is 458 g/mol. The standard InChI is InChI=1S/C24H31ClN4O3/c1-2-32-22-15-26-13-20(22)24(30)29-23-11-19(21(25)14-28-23)17-4-3-5-18(10-17)27-12-16-6-8-31-9-7-16/h3-5,10-11,14,16,20,22,26-27H,2,6-9,12-13,15H2,1H3,(H,28,29,30). The third kappa shape index (κ3) is 5.78. The molecule has 0 aliphatic carbocycles. The van der Waals surface area contributed by atoms with Crippen molar-refractivity contribution in [2.45, 2.75) is 25.9 Å². The molecule has 0 spiro atoms. The molecule has 0 bridgehead atoms. The fraction of sp³-hybridized carbons (Fsp3) is 0.500. The minimum atomic E-state index is -0.242. The molecule has 1 aromatic carbocycles. The van der Waals surface area contributed by atoms with E-state index in [2.05, 4.69) is 33.1 Å². The first-order valence-corrected chi connectivity index (χ1v) is 11.7. The summed E-state index contributed by atoms with van der Waals surface area (Å²) in [6.45, 7) is 6.40. The van der Waals surface area contributed by atoms with E-state index in [9.17, 15) is 4.79 Å². The van der Waals surface area contributed by atoms with Crippen molar-refractivity contribution in [2.24, 2.45) is 11.8 Å². The molecule has 2 atom stereocenters. The Kier molecular flexibility index (Phi) is 7.97. The summed E-state index contributed by atoms with van der Waals surface area (Å²) < 4.78 is 11.1. The van der Waals surface area contributed by atoms with E-state index in [1.165, 1.54) is 0 Å². The number of carbonyl (C=O) groups excluding carboxylic acids is 1. The lowest BCUT2D eigenvalue weighted by atomic mass is 10.00. The van der Waals surface area contributed by atoms with Crippen molar-refractivity contribution < 1.29 is 14.3 Å². The number of hydrogen-bond donors (Lipinski definition) is 3. The summed E-state index contributed by atoms with van der Waals surface area (Å²) >= 11 is 6.47. The Morgan fingerprint density at radius 2 is 2.12 bits per heavy atom. The van der Waals surface area contributed by atoms with Crippen LogP contribution in [0.1, 0.15) is 19.8 Å². The zero-order valence-electron chi connectivity index (χ0n) is 18.4. The van der Waals surface area contributed by atoms with Crippen LogP contribution in [-0.2, 0) is 14.3 Å².